The third-order valence-corrected chi connectivity index (χ3v) is 5.98. The zero-order valence-electron chi connectivity index (χ0n) is 14.7. The Balaban J connectivity index is 1.90. The number of carbonyl (C=O) groups is 1. The van der Waals surface area contributed by atoms with Crippen molar-refractivity contribution < 1.29 is 22.7 Å². The van der Waals surface area contributed by atoms with Crippen molar-refractivity contribution in [2.24, 2.45) is 0 Å². The minimum Gasteiger partial charge on any atom is -0.495 e. The van der Waals surface area contributed by atoms with Crippen molar-refractivity contribution in [3.05, 3.63) is 42.1 Å². The van der Waals surface area contributed by atoms with Gasteiger partial charge in [0.1, 0.15) is 16.5 Å². The van der Waals surface area contributed by atoms with Crippen LogP contribution in [0.5, 0.6) is 5.75 Å². The molecule has 0 spiro atoms. The number of ether oxygens (including phenoxy) is 2. The molecule has 9 nitrogen and oxygen atoms in total. The molecular weight excluding hydrogens is 372 g/mol. The second-order valence-electron chi connectivity index (χ2n) is 5.81. The number of anilines is 2. The molecule has 144 valence electrons. The standard InChI is InChI=1S/C17H20N4O5S/c1-25-14-4-2-12(17(22)20-13-3-5-16(18)19-11-13)10-15(14)27(23,24)21-6-8-26-9-7-21/h2-5,10-11H,6-9H2,1H3,(H2,18,19)(H,20,22). The number of pyridine rings is 1. The van der Waals surface area contributed by atoms with Gasteiger partial charge in [-0.25, -0.2) is 13.4 Å². The van der Waals surface area contributed by atoms with Crippen LogP contribution in [0.1, 0.15) is 10.4 Å². The lowest BCUT2D eigenvalue weighted by Crippen LogP contribution is -2.40. The Bertz CT molecular complexity index is 925. The minimum absolute atomic E-state index is 0.0602. The van der Waals surface area contributed by atoms with Crippen LogP contribution in [0.4, 0.5) is 11.5 Å². The summed E-state index contributed by atoms with van der Waals surface area (Å²) in [5.74, 6) is 0.0335. The summed E-state index contributed by atoms with van der Waals surface area (Å²) in [7, 11) is -2.44. The molecule has 0 atom stereocenters. The van der Waals surface area contributed by atoms with E-state index in [-0.39, 0.29) is 29.3 Å². The molecule has 0 saturated carbocycles. The Kier molecular flexibility index (Phi) is 5.59. The number of sulfonamides is 1. The number of hydrogen-bond donors (Lipinski definition) is 2. The van der Waals surface area contributed by atoms with E-state index in [0.717, 1.165) is 0 Å². The Morgan fingerprint density at radius 3 is 2.63 bits per heavy atom. The van der Waals surface area contributed by atoms with Crippen LogP contribution in [0.3, 0.4) is 0 Å². The first kappa shape index (κ1) is 19.1. The number of nitrogens with zero attached hydrogens (tertiary/aromatic N) is 2. The summed E-state index contributed by atoms with van der Waals surface area (Å²) < 4.78 is 37.7. The minimum atomic E-state index is -3.82. The van der Waals surface area contributed by atoms with Gasteiger partial charge >= 0.3 is 0 Å². The van der Waals surface area contributed by atoms with Crippen molar-refractivity contribution in [1.82, 2.24) is 9.29 Å². The number of nitrogens with two attached hydrogens (primary N) is 1. The fourth-order valence-corrected chi connectivity index (χ4v) is 4.22. The zero-order chi connectivity index (χ0) is 19.4. The van der Waals surface area contributed by atoms with Crippen molar-refractivity contribution in [1.29, 1.82) is 0 Å². The van der Waals surface area contributed by atoms with E-state index in [1.807, 2.05) is 0 Å². The molecule has 1 saturated heterocycles. The molecule has 0 bridgehead atoms. The number of nitrogen functional groups attached to an aromatic ring is 1. The lowest BCUT2D eigenvalue weighted by Gasteiger charge is -2.26. The fourth-order valence-electron chi connectivity index (χ4n) is 2.63. The molecule has 1 fully saturated rings. The highest BCUT2D eigenvalue weighted by Gasteiger charge is 2.30. The summed E-state index contributed by atoms with van der Waals surface area (Å²) in [6, 6.07) is 7.43. The SMILES string of the molecule is COc1ccc(C(=O)Nc2ccc(N)nc2)cc1S(=O)(=O)N1CCOCC1. The molecule has 1 aromatic heterocycles. The van der Waals surface area contributed by atoms with Gasteiger partial charge in [0.05, 0.1) is 32.2 Å². The van der Waals surface area contributed by atoms with Gasteiger partial charge in [-0.2, -0.15) is 4.31 Å². The monoisotopic (exact) mass is 392 g/mol. The van der Waals surface area contributed by atoms with E-state index in [2.05, 4.69) is 10.3 Å². The van der Waals surface area contributed by atoms with E-state index in [4.69, 9.17) is 15.2 Å². The first-order valence-electron chi connectivity index (χ1n) is 8.20. The Morgan fingerprint density at radius 2 is 2.00 bits per heavy atom. The highest BCUT2D eigenvalue weighted by molar-refractivity contribution is 7.89. The van der Waals surface area contributed by atoms with E-state index in [1.54, 1.807) is 12.1 Å². The maximum atomic E-state index is 13.0. The number of hydrogen-bond acceptors (Lipinski definition) is 7. The van der Waals surface area contributed by atoms with Crippen molar-refractivity contribution in [3.8, 4) is 5.75 Å². The molecule has 27 heavy (non-hydrogen) atoms. The molecule has 0 unspecified atom stereocenters. The normalized spacial score (nSPS) is 15.3. The number of carbonyl (C=O) groups excluding carboxylic acids is 1. The molecule has 1 amide bonds. The lowest BCUT2D eigenvalue weighted by molar-refractivity contribution is 0.0729. The molecule has 1 aromatic carbocycles. The predicted molar refractivity (Wildman–Crippen MR) is 99.2 cm³/mol. The fraction of sp³-hybridized carbons (Fsp3) is 0.294. The van der Waals surface area contributed by atoms with Crippen molar-refractivity contribution >= 4 is 27.4 Å². The van der Waals surface area contributed by atoms with Crippen LogP contribution in [-0.2, 0) is 14.8 Å². The molecule has 2 aromatic rings. The Labute approximate surface area is 157 Å². The van der Waals surface area contributed by atoms with Gasteiger partial charge in [0.15, 0.2) is 0 Å². The topological polar surface area (TPSA) is 124 Å². The maximum Gasteiger partial charge on any atom is 0.255 e. The Hall–Kier alpha value is -2.69. The quantitative estimate of drug-likeness (QED) is 0.776. The number of aromatic nitrogens is 1. The summed E-state index contributed by atoms with van der Waals surface area (Å²) in [4.78, 5) is 16.4. The van der Waals surface area contributed by atoms with Crippen LogP contribution in [0.25, 0.3) is 0 Å². The van der Waals surface area contributed by atoms with Crippen LogP contribution in [0.15, 0.2) is 41.4 Å². The number of nitrogens with one attached hydrogen (secondary N) is 1. The van der Waals surface area contributed by atoms with Crippen LogP contribution in [0, 0.1) is 0 Å². The van der Waals surface area contributed by atoms with Gasteiger partial charge in [0.25, 0.3) is 5.91 Å². The summed E-state index contributed by atoms with van der Waals surface area (Å²) in [5.41, 5.74) is 6.15. The molecule has 3 N–H and O–H groups in total. The number of amides is 1. The molecule has 10 heteroatoms. The van der Waals surface area contributed by atoms with Crippen molar-refractivity contribution in [2.45, 2.75) is 4.90 Å². The highest BCUT2D eigenvalue weighted by atomic mass is 32.2. The number of benzene rings is 1. The van der Waals surface area contributed by atoms with Gasteiger partial charge in [-0.15, -0.1) is 0 Å². The second kappa shape index (κ2) is 7.91. The van der Waals surface area contributed by atoms with Crippen LogP contribution >= 0.6 is 0 Å². The average molecular weight is 392 g/mol. The van der Waals surface area contributed by atoms with Gasteiger partial charge in [-0.05, 0) is 30.3 Å². The molecule has 1 aliphatic heterocycles. The maximum absolute atomic E-state index is 13.0. The third kappa shape index (κ3) is 4.18. The summed E-state index contributed by atoms with van der Waals surface area (Å²) in [5, 5.41) is 2.65. The van der Waals surface area contributed by atoms with Gasteiger partial charge in [0, 0.05) is 18.7 Å². The third-order valence-electron chi connectivity index (χ3n) is 4.06. The van der Waals surface area contributed by atoms with Gasteiger partial charge < -0.3 is 20.5 Å². The van der Waals surface area contributed by atoms with Crippen LogP contribution in [0.2, 0.25) is 0 Å². The first-order chi connectivity index (χ1) is 12.9. The summed E-state index contributed by atoms with van der Waals surface area (Å²) >= 11 is 0. The predicted octanol–water partition coefficient (Wildman–Crippen LogP) is 0.946. The molecule has 1 aliphatic rings. The number of morpholine rings is 1. The molecule has 2 heterocycles. The Morgan fingerprint density at radius 1 is 1.26 bits per heavy atom. The smallest absolute Gasteiger partial charge is 0.255 e. The largest absolute Gasteiger partial charge is 0.495 e. The second-order valence-corrected chi connectivity index (χ2v) is 7.71. The molecular formula is C17H20N4O5S. The van der Waals surface area contributed by atoms with Crippen molar-refractivity contribution in [3.63, 3.8) is 0 Å². The van der Waals surface area contributed by atoms with Crippen LogP contribution < -0.4 is 15.8 Å². The first-order valence-corrected chi connectivity index (χ1v) is 9.64. The highest BCUT2D eigenvalue weighted by Crippen LogP contribution is 2.28. The van der Waals surface area contributed by atoms with E-state index in [0.29, 0.717) is 24.7 Å². The number of methoxy groups -OCH3 is 1. The summed E-state index contributed by atoms with van der Waals surface area (Å²) in [6.07, 6.45) is 1.42. The lowest BCUT2D eigenvalue weighted by atomic mass is 10.2. The molecule has 3 rings (SSSR count). The van der Waals surface area contributed by atoms with E-state index in [1.165, 1.54) is 35.8 Å². The summed E-state index contributed by atoms with van der Waals surface area (Å²) in [6.45, 7) is 1.15. The molecule has 0 radical (unpaired) electrons. The zero-order valence-corrected chi connectivity index (χ0v) is 15.5. The van der Waals surface area contributed by atoms with E-state index in [9.17, 15) is 13.2 Å². The van der Waals surface area contributed by atoms with Gasteiger partial charge in [0.2, 0.25) is 10.0 Å². The van der Waals surface area contributed by atoms with E-state index < -0.39 is 15.9 Å². The van der Waals surface area contributed by atoms with Crippen molar-refractivity contribution in [2.75, 3.05) is 44.5 Å². The number of rotatable bonds is 5. The van der Waals surface area contributed by atoms with Gasteiger partial charge in [-0.3, -0.25) is 4.79 Å². The molecule has 0 aliphatic carbocycles. The van der Waals surface area contributed by atoms with E-state index >= 15 is 0 Å². The average Bonchev–Trinajstić information content (AvgIpc) is 2.69. The van der Waals surface area contributed by atoms with Gasteiger partial charge in [-0.1, -0.05) is 0 Å². The van der Waals surface area contributed by atoms with Crippen LogP contribution in [-0.4, -0.2) is 57.0 Å².